The Hall–Kier alpha value is -3.19. The highest BCUT2D eigenvalue weighted by atomic mass is 32.1. The Morgan fingerprint density at radius 3 is 2.74 bits per heavy atom. The lowest BCUT2D eigenvalue weighted by Gasteiger charge is -2.01. The normalized spacial score (nSPS) is 12.0. The molecule has 0 N–H and O–H groups in total. The quantitative estimate of drug-likeness (QED) is 0.504. The van der Waals surface area contributed by atoms with E-state index in [9.17, 15) is 9.59 Å². The molecule has 6 nitrogen and oxygen atoms in total. The fourth-order valence-corrected chi connectivity index (χ4v) is 4.07. The Morgan fingerprint density at radius 2 is 2.00 bits per heavy atom. The lowest BCUT2D eigenvalue weighted by molar-refractivity contribution is 0.0601. The lowest BCUT2D eigenvalue weighted by atomic mass is 10.2. The van der Waals surface area contributed by atoms with Crippen molar-refractivity contribution in [1.29, 1.82) is 0 Å². The summed E-state index contributed by atoms with van der Waals surface area (Å²) in [5.74, 6) is -0.634. The van der Waals surface area contributed by atoms with Gasteiger partial charge in [0, 0.05) is 11.9 Å². The number of carbonyl (C=O) groups excluding carboxylic acids is 2. The highest BCUT2D eigenvalue weighted by Gasteiger charge is 2.14. The van der Waals surface area contributed by atoms with E-state index in [0.29, 0.717) is 22.5 Å². The Morgan fingerprint density at radius 1 is 1.19 bits per heavy atom. The van der Waals surface area contributed by atoms with Gasteiger partial charge in [0.1, 0.15) is 5.58 Å². The first kappa shape index (κ1) is 17.2. The van der Waals surface area contributed by atoms with Gasteiger partial charge in [0.05, 0.1) is 22.9 Å². The lowest BCUT2D eigenvalue weighted by Crippen LogP contribution is -2.15. The highest BCUT2D eigenvalue weighted by Crippen LogP contribution is 2.21. The van der Waals surface area contributed by atoms with Crippen molar-refractivity contribution < 1.29 is 18.7 Å². The minimum Gasteiger partial charge on any atom is -0.465 e. The first-order chi connectivity index (χ1) is 13.1. The van der Waals surface area contributed by atoms with Crippen molar-refractivity contribution in [3.8, 4) is 0 Å². The summed E-state index contributed by atoms with van der Waals surface area (Å²) >= 11 is 1.35. The van der Waals surface area contributed by atoms with E-state index in [1.165, 1.54) is 18.4 Å². The maximum Gasteiger partial charge on any atom is 0.337 e. The van der Waals surface area contributed by atoms with Gasteiger partial charge in [-0.25, -0.2) is 4.79 Å². The van der Waals surface area contributed by atoms with Gasteiger partial charge in [0.25, 0.3) is 0 Å². The molecule has 0 atom stereocenters. The number of aryl methyl sites for hydroxylation is 1. The van der Waals surface area contributed by atoms with Crippen LogP contribution in [0.3, 0.4) is 0 Å². The third kappa shape index (κ3) is 3.06. The molecular weight excluding hydrogens is 364 g/mol. The average Bonchev–Trinajstić information content (AvgIpc) is 3.27. The fraction of sp³-hybridized carbons (Fsp3) is 0.150. The van der Waals surface area contributed by atoms with E-state index in [2.05, 4.69) is 4.99 Å². The summed E-state index contributed by atoms with van der Waals surface area (Å²) < 4.78 is 13.2. The van der Waals surface area contributed by atoms with Crippen LogP contribution < -0.4 is 4.80 Å². The molecule has 0 saturated carbocycles. The standard InChI is InChI=1S/C20H16N2O4S/c1-3-22-14-9-8-13(19(24)25-2)11-17(14)27-20(22)21-18(23)16-10-12-6-4-5-7-15(12)26-16/h4-11H,3H2,1-2H3. The maximum absolute atomic E-state index is 12.6. The smallest absolute Gasteiger partial charge is 0.337 e. The van der Waals surface area contributed by atoms with E-state index in [1.54, 1.807) is 18.2 Å². The Kier molecular flexibility index (Phi) is 4.37. The molecule has 0 fully saturated rings. The molecule has 2 aromatic carbocycles. The van der Waals surface area contributed by atoms with Crippen LogP contribution in [0.2, 0.25) is 0 Å². The molecule has 136 valence electrons. The molecule has 27 heavy (non-hydrogen) atoms. The number of nitrogens with zero attached hydrogens (tertiary/aromatic N) is 2. The molecule has 0 spiro atoms. The number of carbonyl (C=O) groups is 2. The third-order valence-corrected chi connectivity index (χ3v) is 5.29. The van der Waals surface area contributed by atoms with Crippen LogP contribution in [0, 0.1) is 0 Å². The largest absolute Gasteiger partial charge is 0.465 e. The van der Waals surface area contributed by atoms with Gasteiger partial charge < -0.3 is 13.7 Å². The molecule has 4 rings (SSSR count). The number of hydrogen-bond donors (Lipinski definition) is 0. The number of fused-ring (bicyclic) bond motifs is 2. The number of aromatic nitrogens is 1. The first-order valence-electron chi connectivity index (χ1n) is 8.40. The van der Waals surface area contributed by atoms with Crippen molar-refractivity contribution in [2.24, 2.45) is 4.99 Å². The molecule has 0 saturated heterocycles. The number of thiazole rings is 1. The zero-order valence-electron chi connectivity index (χ0n) is 14.8. The van der Waals surface area contributed by atoms with Gasteiger partial charge in [-0.3, -0.25) is 4.79 Å². The van der Waals surface area contributed by atoms with Crippen LogP contribution in [0.25, 0.3) is 21.2 Å². The molecule has 0 bridgehead atoms. The van der Waals surface area contributed by atoms with E-state index in [0.717, 1.165) is 15.6 Å². The van der Waals surface area contributed by atoms with E-state index in [-0.39, 0.29) is 5.76 Å². The molecule has 0 aliphatic heterocycles. The zero-order chi connectivity index (χ0) is 19.0. The molecule has 1 amide bonds. The number of amides is 1. The van der Waals surface area contributed by atoms with Gasteiger partial charge >= 0.3 is 11.9 Å². The fourth-order valence-electron chi connectivity index (χ4n) is 2.94. The summed E-state index contributed by atoms with van der Waals surface area (Å²) in [6.07, 6.45) is 0. The molecule has 0 unspecified atom stereocenters. The Bertz CT molecular complexity index is 1210. The monoisotopic (exact) mass is 380 g/mol. The van der Waals surface area contributed by atoms with Crippen LogP contribution >= 0.6 is 11.3 Å². The molecule has 0 radical (unpaired) electrons. The summed E-state index contributed by atoms with van der Waals surface area (Å²) in [5.41, 5.74) is 2.02. The van der Waals surface area contributed by atoms with Crippen LogP contribution in [-0.4, -0.2) is 23.6 Å². The summed E-state index contributed by atoms with van der Waals surface area (Å²) in [5, 5.41) is 0.860. The van der Waals surface area contributed by atoms with Crippen LogP contribution in [0.15, 0.2) is 57.9 Å². The number of ether oxygens (including phenoxy) is 1. The van der Waals surface area contributed by atoms with Crippen LogP contribution in [-0.2, 0) is 11.3 Å². The highest BCUT2D eigenvalue weighted by molar-refractivity contribution is 7.16. The predicted molar refractivity (Wildman–Crippen MR) is 103 cm³/mol. The molecule has 2 aromatic heterocycles. The van der Waals surface area contributed by atoms with Crippen LogP contribution in [0.5, 0.6) is 0 Å². The second kappa shape index (κ2) is 6.85. The van der Waals surface area contributed by atoms with Gasteiger partial charge in [-0.05, 0) is 37.3 Å². The minimum atomic E-state index is -0.437. The number of para-hydroxylation sites is 1. The van der Waals surface area contributed by atoms with Gasteiger partial charge in [0.15, 0.2) is 10.6 Å². The predicted octanol–water partition coefficient (Wildman–Crippen LogP) is 4.00. The van der Waals surface area contributed by atoms with Crippen LogP contribution in [0.4, 0.5) is 0 Å². The molecular formula is C20H16N2O4S. The van der Waals surface area contributed by atoms with E-state index < -0.39 is 11.9 Å². The van der Waals surface area contributed by atoms with Gasteiger partial charge in [-0.2, -0.15) is 4.99 Å². The summed E-state index contributed by atoms with van der Waals surface area (Å²) in [7, 11) is 1.35. The van der Waals surface area contributed by atoms with Crippen molar-refractivity contribution in [2.75, 3.05) is 7.11 Å². The number of benzene rings is 2. The number of esters is 1. The second-order valence-electron chi connectivity index (χ2n) is 5.87. The summed E-state index contributed by atoms with van der Waals surface area (Å²) in [6.45, 7) is 2.62. The third-order valence-electron chi connectivity index (χ3n) is 4.25. The summed E-state index contributed by atoms with van der Waals surface area (Å²) in [4.78, 5) is 29.2. The number of hydrogen-bond acceptors (Lipinski definition) is 5. The van der Waals surface area contributed by atoms with Crippen molar-refractivity contribution in [2.45, 2.75) is 13.5 Å². The number of rotatable bonds is 3. The topological polar surface area (TPSA) is 73.8 Å². The van der Waals surface area contributed by atoms with Gasteiger partial charge in [0.2, 0.25) is 0 Å². The first-order valence-corrected chi connectivity index (χ1v) is 9.21. The van der Waals surface area contributed by atoms with Crippen molar-refractivity contribution in [3.63, 3.8) is 0 Å². The zero-order valence-corrected chi connectivity index (χ0v) is 15.6. The second-order valence-corrected chi connectivity index (χ2v) is 6.88. The number of methoxy groups -OCH3 is 1. The van der Waals surface area contributed by atoms with Crippen LogP contribution in [0.1, 0.15) is 27.8 Å². The van der Waals surface area contributed by atoms with Crippen molar-refractivity contribution in [1.82, 2.24) is 4.57 Å². The summed E-state index contributed by atoms with van der Waals surface area (Å²) in [6, 6.07) is 14.4. The van der Waals surface area contributed by atoms with E-state index in [4.69, 9.17) is 9.15 Å². The van der Waals surface area contributed by atoms with Gasteiger partial charge in [-0.15, -0.1) is 0 Å². The van der Waals surface area contributed by atoms with Crippen molar-refractivity contribution in [3.05, 3.63) is 64.7 Å². The molecule has 0 aliphatic rings. The molecule has 0 aliphatic carbocycles. The van der Waals surface area contributed by atoms with E-state index >= 15 is 0 Å². The Labute approximate surface area is 158 Å². The maximum atomic E-state index is 12.6. The molecule has 4 aromatic rings. The Balaban J connectivity index is 1.81. The average molecular weight is 380 g/mol. The van der Waals surface area contributed by atoms with Crippen molar-refractivity contribution >= 4 is 44.4 Å². The van der Waals surface area contributed by atoms with Gasteiger partial charge in [-0.1, -0.05) is 29.5 Å². The molecule has 7 heteroatoms. The van der Waals surface area contributed by atoms with E-state index in [1.807, 2.05) is 41.8 Å². The molecule has 2 heterocycles. The number of furan rings is 1. The minimum absolute atomic E-state index is 0.201. The SMILES string of the molecule is CCn1c(=NC(=O)c2cc3ccccc3o2)sc2cc(C(=O)OC)ccc21.